The molecule has 1 atom stereocenters. The van der Waals surface area contributed by atoms with E-state index in [9.17, 15) is 4.79 Å². The maximum atomic E-state index is 12.9. The summed E-state index contributed by atoms with van der Waals surface area (Å²) in [6.07, 6.45) is 1.97. The molecule has 2 heterocycles. The molecule has 0 aliphatic carbocycles. The number of hydrogen-bond acceptors (Lipinski definition) is 3. The van der Waals surface area contributed by atoms with Crippen molar-refractivity contribution in [1.29, 1.82) is 0 Å². The minimum absolute atomic E-state index is 0.0930. The molecule has 1 N–H and O–H groups in total. The van der Waals surface area contributed by atoms with Crippen LogP contribution in [0.1, 0.15) is 29.9 Å². The molecule has 0 saturated carbocycles. The maximum Gasteiger partial charge on any atom is 0.244 e. The first-order valence-electron chi connectivity index (χ1n) is 10.1. The first-order valence-corrected chi connectivity index (χ1v) is 10.9. The molecule has 7 heteroatoms. The van der Waals surface area contributed by atoms with Gasteiger partial charge in [-0.1, -0.05) is 48.5 Å². The van der Waals surface area contributed by atoms with Crippen molar-refractivity contribution in [3.8, 4) is 16.9 Å². The van der Waals surface area contributed by atoms with Gasteiger partial charge in [-0.05, 0) is 48.8 Å². The third kappa shape index (κ3) is 4.32. The van der Waals surface area contributed by atoms with E-state index in [1.54, 1.807) is 4.68 Å². The lowest BCUT2D eigenvalue weighted by molar-refractivity contribution is -0.124. The number of carbonyl (C=O) groups is 1. The lowest BCUT2D eigenvalue weighted by Gasteiger charge is -2.14. The van der Waals surface area contributed by atoms with E-state index in [2.05, 4.69) is 26.3 Å². The van der Waals surface area contributed by atoms with E-state index in [0.29, 0.717) is 6.54 Å². The van der Waals surface area contributed by atoms with Crippen LogP contribution >= 0.6 is 15.9 Å². The second-order valence-electron chi connectivity index (χ2n) is 7.47. The highest BCUT2D eigenvalue weighted by atomic mass is 79.9. The fourth-order valence-electron chi connectivity index (χ4n) is 3.55. The molecule has 0 fully saturated rings. The molecule has 0 aliphatic heterocycles. The summed E-state index contributed by atoms with van der Waals surface area (Å²) in [5.41, 5.74) is 5.58. The second kappa shape index (κ2) is 8.89. The summed E-state index contributed by atoms with van der Waals surface area (Å²) in [5, 5.41) is 12.3. The van der Waals surface area contributed by atoms with Crippen LogP contribution in [-0.2, 0) is 11.3 Å². The summed E-state index contributed by atoms with van der Waals surface area (Å²) in [4.78, 5) is 12.9. The number of amides is 1. The SMILES string of the molecule is Cc1nn(C(C)C(=O)NCc2cn(-c3ccccc3)nc2-c2ccccc2)c(C)c1Br. The fraction of sp³-hybridized carbons (Fsp3) is 0.208. The summed E-state index contributed by atoms with van der Waals surface area (Å²) in [6.45, 7) is 6.10. The Kier molecular flexibility index (Phi) is 6.04. The third-order valence-corrected chi connectivity index (χ3v) is 6.44. The van der Waals surface area contributed by atoms with Crippen LogP contribution in [0.3, 0.4) is 0 Å². The van der Waals surface area contributed by atoms with Crippen molar-refractivity contribution in [2.75, 3.05) is 0 Å². The summed E-state index contributed by atoms with van der Waals surface area (Å²) in [7, 11) is 0. The Bertz CT molecular complexity index is 1200. The summed E-state index contributed by atoms with van der Waals surface area (Å²) >= 11 is 3.53. The monoisotopic (exact) mass is 477 g/mol. The van der Waals surface area contributed by atoms with Gasteiger partial charge in [0, 0.05) is 23.9 Å². The highest BCUT2D eigenvalue weighted by molar-refractivity contribution is 9.10. The molecule has 0 bridgehead atoms. The molecule has 31 heavy (non-hydrogen) atoms. The van der Waals surface area contributed by atoms with Crippen LogP contribution in [0.15, 0.2) is 71.3 Å². The molecule has 4 aromatic rings. The lowest BCUT2D eigenvalue weighted by Crippen LogP contribution is -2.31. The van der Waals surface area contributed by atoms with Crippen molar-refractivity contribution < 1.29 is 4.79 Å². The van der Waals surface area contributed by atoms with E-state index in [1.165, 1.54) is 0 Å². The average Bonchev–Trinajstić information content (AvgIpc) is 3.35. The highest BCUT2D eigenvalue weighted by Gasteiger charge is 2.21. The van der Waals surface area contributed by atoms with E-state index >= 15 is 0 Å². The van der Waals surface area contributed by atoms with Crippen molar-refractivity contribution >= 4 is 21.8 Å². The average molecular weight is 478 g/mol. The van der Waals surface area contributed by atoms with Crippen LogP contribution in [0.2, 0.25) is 0 Å². The van der Waals surface area contributed by atoms with Crippen molar-refractivity contribution in [2.45, 2.75) is 33.4 Å². The number of rotatable bonds is 6. The number of nitrogens with zero attached hydrogens (tertiary/aromatic N) is 4. The van der Waals surface area contributed by atoms with E-state index in [4.69, 9.17) is 5.10 Å². The van der Waals surface area contributed by atoms with Gasteiger partial charge < -0.3 is 5.32 Å². The van der Waals surface area contributed by atoms with Crippen molar-refractivity contribution in [3.05, 3.63) is 88.3 Å². The normalized spacial score (nSPS) is 12.0. The van der Waals surface area contributed by atoms with Crippen LogP contribution in [0.5, 0.6) is 0 Å². The molecule has 0 radical (unpaired) electrons. The molecule has 2 aromatic carbocycles. The van der Waals surface area contributed by atoms with Gasteiger partial charge >= 0.3 is 0 Å². The minimum atomic E-state index is -0.422. The Balaban J connectivity index is 1.59. The molecule has 0 aliphatic rings. The maximum absolute atomic E-state index is 12.9. The molecule has 6 nitrogen and oxygen atoms in total. The molecule has 1 amide bonds. The largest absolute Gasteiger partial charge is 0.350 e. The van der Waals surface area contributed by atoms with Gasteiger partial charge in [-0.3, -0.25) is 9.48 Å². The number of halogens is 1. The van der Waals surface area contributed by atoms with Crippen LogP contribution in [0, 0.1) is 13.8 Å². The Labute approximate surface area is 190 Å². The van der Waals surface area contributed by atoms with E-state index in [0.717, 1.165) is 38.4 Å². The van der Waals surface area contributed by atoms with Crippen LogP contribution in [0.4, 0.5) is 0 Å². The smallest absolute Gasteiger partial charge is 0.244 e. The van der Waals surface area contributed by atoms with Gasteiger partial charge in [0.05, 0.1) is 27.2 Å². The molecule has 158 valence electrons. The molecule has 0 saturated heterocycles. The fourth-order valence-corrected chi connectivity index (χ4v) is 3.81. The minimum Gasteiger partial charge on any atom is -0.350 e. The molecular formula is C24H24BrN5O. The number of aryl methyl sites for hydroxylation is 1. The third-order valence-electron chi connectivity index (χ3n) is 5.29. The van der Waals surface area contributed by atoms with Gasteiger partial charge in [-0.25, -0.2) is 4.68 Å². The summed E-state index contributed by atoms with van der Waals surface area (Å²) in [6, 6.07) is 19.5. The Hall–Kier alpha value is -3.19. The van der Waals surface area contributed by atoms with Gasteiger partial charge in [-0.15, -0.1) is 0 Å². The van der Waals surface area contributed by atoms with Gasteiger partial charge in [0.25, 0.3) is 0 Å². The summed E-state index contributed by atoms with van der Waals surface area (Å²) in [5.74, 6) is -0.0930. The van der Waals surface area contributed by atoms with Crippen molar-refractivity contribution in [3.63, 3.8) is 0 Å². The number of nitrogens with one attached hydrogen (secondary N) is 1. The zero-order valence-electron chi connectivity index (χ0n) is 17.7. The van der Waals surface area contributed by atoms with E-state index in [-0.39, 0.29) is 5.91 Å². The Morgan fingerprint density at radius 2 is 1.68 bits per heavy atom. The van der Waals surface area contributed by atoms with Crippen LogP contribution in [0.25, 0.3) is 16.9 Å². The predicted octanol–water partition coefficient (Wildman–Crippen LogP) is 4.99. The second-order valence-corrected chi connectivity index (χ2v) is 8.27. The zero-order chi connectivity index (χ0) is 22.0. The van der Waals surface area contributed by atoms with Crippen LogP contribution < -0.4 is 5.32 Å². The Morgan fingerprint density at radius 3 is 2.29 bits per heavy atom. The van der Waals surface area contributed by atoms with E-state index in [1.807, 2.05) is 92.3 Å². The molecule has 2 aromatic heterocycles. The number of hydrogen-bond donors (Lipinski definition) is 1. The number of benzene rings is 2. The van der Waals surface area contributed by atoms with Gasteiger partial charge in [0.15, 0.2) is 0 Å². The number of aromatic nitrogens is 4. The van der Waals surface area contributed by atoms with Crippen molar-refractivity contribution in [2.24, 2.45) is 0 Å². The summed E-state index contributed by atoms with van der Waals surface area (Å²) < 4.78 is 4.54. The van der Waals surface area contributed by atoms with E-state index < -0.39 is 6.04 Å². The Morgan fingerprint density at radius 1 is 1.03 bits per heavy atom. The first kappa shape index (κ1) is 21.1. The van der Waals surface area contributed by atoms with Gasteiger partial charge in [0.1, 0.15) is 6.04 Å². The molecule has 0 spiro atoms. The highest BCUT2D eigenvalue weighted by Crippen LogP contribution is 2.25. The lowest BCUT2D eigenvalue weighted by atomic mass is 10.1. The standard InChI is InChI=1S/C24H24BrN5O/c1-16-22(25)17(2)30(27-16)18(3)24(31)26-14-20-15-29(21-12-8-5-9-13-21)28-23(20)19-10-6-4-7-11-19/h4-13,15,18H,14H2,1-3H3,(H,26,31). The zero-order valence-corrected chi connectivity index (χ0v) is 19.3. The number of para-hydroxylation sites is 1. The predicted molar refractivity (Wildman–Crippen MR) is 125 cm³/mol. The van der Waals surface area contributed by atoms with Gasteiger partial charge in [-0.2, -0.15) is 10.2 Å². The first-order chi connectivity index (χ1) is 15.0. The molecular weight excluding hydrogens is 454 g/mol. The molecule has 4 rings (SSSR count). The topological polar surface area (TPSA) is 64.7 Å². The van der Waals surface area contributed by atoms with Gasteiger partial charge in [0.2, 0.25) is 5.91 Å². The van der Waals surface area contributed by atoms with Crippen LogP contribution in [-0.4, -0.2) is 25.5 Å². The molecule has 1 unspecified atom stereocenters. The van der Waals surface area contributed by atoms with Crippen molar-refractivity contribution in [1.82, 2.24) is 24.9 Å². The quantitative estimate of drug-likeness (QED) is 0.425. The number of carbonyl (C=O) groups excluding carboxylic acids is 1.